The number of hydrogen-bond donors (Lipinski definition) is 1. The summed E-state index contributed by atoms with van der Waals surface area (Å²) in [6, 6.07) is 19.9. The molecule has 5 heteroatoms. The second-order valence-corrected chi connectivity index (χ2v) is 9.34. The molecule has 3 aromatic carbocycles. The summed E-state index contributed by atoms with van der Waals surface area (Å²) in [5.74, 6) is 2.14. The fraction of sp³-hybridized carbons (Fsp3) is 0.393. The topological polar surface area (TPSA) is 41.6 Å². The number of carbonyl (C=O) groups excluding carboxylic acids is 1. The molecule has 3 aromatic rings. The van der Waals surface area contributed by atoms with Crippen LogP contribution in [0.5, 0.6) is 5.75 Å². The van der Waals surface area contributed by atoms with E-state index in [0.717, 1.165) is 59.6 Å². The normalized spacial score (nSPS) is 17.3. The van der Waals surface area contributed by atoms with Crippen LogP contribution in [0.2, 0.25) is 5.02 Å². The third-order valence-electron chi connectivity index (χ3n) is 6.65. The van der Waals surface area contributed by atoms with Gasteiger partial charge in [0.25, 0.3) is 5.91 Å². The van der Waals surface area contributed by atoms with Gasteiger partial charge in [-0.3, -0.25) is 4.79 Å². The highest BCUT2D eigenvalue weighted by molar-refractivity contribution is 6.30. The summed E-state index contributed by atoms with van der Waals surface area (Å²) in [7, 11) is 1.72. The maximum atomic E-state index is 12.5. The summed E-state index contributed by atoms with van der Waals surface area (Å²) in [5, 5.41) is 6.09. The van der Waals surface area contributed by atoms with Crippen LogP contribution in [-0.4, -0.2) is 44.1 Å². The van der Waals surface area contributed by atoms with Crippen molar-refractivity contribution in [2.45, 2.75) is 32.1 Å². The number of unbranched alkanes of at least 4 members (excludes halogenated alkanes) is 1. The molecule has 1 aliphatic carbocycles. The molecule has 1 amide bonds. The summed E-state index contributed by atoms with van der Waals surface area (Å²) in [4.78, 5) is 15.0. The van der Waals surface area contributed by atoms with Crippen LogP contribution in [0.1, 0.15) is 48.0 Å². The quantitative estimate of drug-likeness (QED) is 0.346. The SMILES string of the molecule is CCN(CCCCNC(=O)c1ccc2ccccc2c1)CC1CC1c1cc(Cl)ccc1OC. The molecule has 1 aliphatic rings. The van der Waals surface area contributed by atoms with Gasteiger partial charge in [-0.2, -0.15) is 0 Å². The Labute approximate surface area is 201 Å². The standard InChI is InChI=1S/C28H33ClN2O2/c1-3-31(19-23-17-25(23)26-18-24(29)12-13-27(26)33-2)15-7-6-14-30-28(32)22-11-10-20-8-4-5-9-21(20)16-22/h4-5,8-13,16,18,23,25H,3,6-7,14-15,17,19H2,1-2H3,(H,30,32). The molecule has 1 saturated carbocycles. The highest BCUT2D eigenvalue weighted by Crippen LogP contribution is 2.51. The molecular formula is C28H33ClN2O2. The average molecular weight is 465 g/mol. The number of carbonyl (C=O) groups is 1. The molecule has 0 radical (unpaired) electrons. The Hall–Kier alpha value is -2.56. The van der Waals surface area contributed by atoms with E-state index in [-0.39, 0.29) is 5.91 Å². The Morgan fingerprint density at radius 3 is 2.70 bits per heavy atom. The molecule has 0 aliphatic heterocycles. The third-order valence-corrected chi connectivity index (χ3v) is 6.89. The van der Waals surface area contributed by atoms with E-state index in [4.69, 9.17) is 16.3 Å². The first-order chi connectivity index (χ1) is 16.1. The number of ether oxygens (including phenoxy) is 1. The van der Waals surface area contributed by atoms with Gasteiger partial charge in [-0.15, -0.1) is 0 Å². The van der Waals surface area contributed by atoms with Gasteiger partial charge in [0.1, 0.15) is 5.75 Å². The van der Waals surface area contributed by atoms with E-state index in [0.29, 0.717) is 18.4 Å². The smallest absolute Gasteiger partial charge is 0.251 e. The first-order valence-corrected chi connectivity index (χ1v) is 12.3. The van der Waals surface area contributed by atoms with Crippen molar-refractivity contribution in [3.05, 3.63) is 76.8 Å². The number of nitrogens with one attached hydrogen (secondary N) is 1. The van der Waals surface area contributed by atoms with Crippen molar-refractivity contribution in [2.75, 3.05) is 33.3 Å². The zero-order chi connectivity index (χ0) is 23.2. The van der Waals surface area contributed by atoms with Gasteiger partial charge < -0.3 is 15.0 Å². The Kier molecular flexibility index (Phi) is 7.89. The third kappa shape index (κ3) is 6.07. The molecule has 1 N–H and O–H groups in total. The molecule has 174 valence electrons. The molecule has 4 nitrogen and oxygen atoms in total. The molecule has 0 spiro atoms. The number of benzene rings is 3. The minimum absolute atomic E-state index is 0.00407. The van der Waals surface area contributed by atoms with E-state index in [1.165, 1.54) is 12.0 Å². The van der Waals surface area contributed by atoms with Gasteiger partial charge in [0.05, 0.1) is 7.11 Å². The Bertz CT molecular complexity index is 1100. The lowest BCUT2D eigenvalue weighted by atomic mass is 10.1. The Balaban J connectivity index is 1.18. The molecule has 33 heavy (non-hydrogen) atoms. The molecule has 1 fully saturated rings. The van der Waals surface area contributed by atoms with E-state index in [9.17, 15) is 4.79 Å². The van der Waals surface area contributed by atoms with Gasteiger partial charge in [0.15, 0.2) is 0 Å². The van der Waals surface area contributed by atoms with Gasteiger partial charge in [-0.05, 0) is 90.9 Å². The van der Waals surface area contributed by atoms with Gasteiger partial charge in [0, 0.05) is 23.7 Å². The predicted octanol–water partition coefficient (Wildman–Crippen LogP) is 6.14. The molecule has 0 saturated heterocycles. The van der Waals surface area contributed by atoms with Gasteiger partial charge in [-0.1, -0.05) is 48.9 Å². The van der Waals surface area contributed by atoms with Crippen LogP contribution >= 0.6 is 11.6 Å². The Morgan fingerprint density at radius 2 is 1.91 bits per heavy atom. The highest BCUT2D eigenvalue weighted by Gasteiger charge is 2.40. The minimum atomic E-state index is 0.00407. The van der Waals surface area contributed by atoms with Crippen LogP contribution in [-0.2, 0) is 0 Å². The maximum Gasteiger partial charge on any atom is 0.251 e. The maximum absolute atomic E-state index is 12.5. The van der Waals surface area contributed by atoms with Gasteiger partial charge in [0.2, 0.25) is 0 Å². The molecule has 2 unspecified atom stereocenters. The minimum Gasteiger partial charge on any atom is -0.496 e. The number of nitrogens with zero attached hydrogens (tertiary/aromatic N) is 1. The second kappa shape index (κ2) is 11.0. The molecule has 0 bridgehead atoms. The highest BCUT2D eigenvalue weighted by atomic mass is 35.5. The molecule has 0 aromatic heterocycles. The van der Waals surface area contributed by atoms with E-state index in [2.05, 4.69) is 29.3 Å². The molecule has 2 atom stereocenters. The van der Waals surface area contributed by atoms with Crippen LogP contribution in [0, 0.1) is 5.92 Å². The zero-order valence-electron chi connectivity index (χ0n) is 19.5. The number of fused-ring (bicyclic) bond motifs is 1. The summed E-state index contributed by atoms with van der Waals surface area (Å²) in [5.41, 5.74) is 1.96. The average Bonchev–Trinajstić information content (AvgIpc) is 3.61. The van der Waals surface area contributed by atoms with Crippen molar-refractivity contribution in [3.63, 3.8) is 0 Å². The van der Waals surface area contributed by atoms with Crippen molar-refractivity contribution in [1.29, 1.82) is 0 Å². The van der Waals surface area contributed by atoms with Crippen LogP contribution in [0.4, 0.5) is 0 Å². The lowest BCUT2D eigenvalue weighted by Gasteiger charge is -2.20. The van der Waals surface area contributed by atoms with E-state index < -0.39 is 0 Å². The molecule has 0 heterocycles. The first kappa shape index (κ1) is 23.6. The first-order valence-electron chi connectivity index (χ1n) is 11.9. The number of amides is 1. The zero-order valence-corrected chi connectivity index (χ0v) is 20.3. The summed E-state index contributed by atoms with van der Waals surface area (Å²) in [6.07, 6.45) is 3.24. The van der Waals surface area contributed by atoms with E-state index in [1.807, 2.05) is 48.5 Å². The lowest BCUT2D eigenvalue weighted by molar-refractivity contribution is 0.0952. The van der Waals surface area contributed by atoms with Crippen molar-refractivity contribution in [3.8, 4) is 5.75 Å². The van der Waals surface area contributed by atoms with Gasteiger partial charge >= 0.3 is 0 Å². The monoisotopic (exact) mass is 464 g/mol. The van der Waals surface area contributed by atoms with Crippen molar-refractivity contribution >= 4 is 28.3 Å². The molecule has 4 rings (SSSR count). The number of rotatable bonds is 11. The fourth-order valence-electron chi connectivity index (χ4n) is 4.63. The number of hydrogen-bond acceptors (Lipinski definition) is 3. The van der Waals surface area contributed by atoms with Crippen molar-refractivity contribution in [2.24, 2.45) is 5.92 Å². The summed E-state index contributed by atoms with van der Waals surface area (Å²) < 4.78 is 5.54. The number of halogens is 1. The van der Waals surface area contributed by atoms with Crippen LogP contribution in [0.25, 0.3) is 10.8 Å². The van der Waals surface area contributed by atoms with Crippen molar-refractivity contribution in [1.82, 2.24) is 10.2 Å². The molecular weight excluding hydrogens is 432 g/mol. The van der Waals surface area contributed by atoms with Crippen LogP contribution < -0.4 is 10.1 Å². The van der Waals surface area contributed by atoms with E-state index >= 15 is 0 Å². The van der Waals surface area contributed by atoms with Crippen molar-refractivity contribution < 1.29 is 9.53 Å². The van der Waals surface area contributed by atoms with Gasteiger partial charge in [-0.25, -0.2) is 0 Å². The fourth-order valence-corrected chi connectivity index (χ4v) is 4.81. The number of methoxy groups -OCH3 is 1. The Morgan fingerprint density at radius 1 is 1.09 bits per heavy atom. The lowest BCUT2D eigenvalue weighted by Crippen LogP contribution is -2.29. The second-order valence-electron chi connectivity index (χ2n) is 8.91. The van der Waals surface area contributed by atoms with E-state index in [1.54, 1.807) is 7.11 Å². The summed E-state index contributed by atoms with van der Waals surface area (Å²) in [6.45, 7) is 6.12. The largest absolute Gasteiger partial charge is 0.496 e. The summed E-state index contributed by atoms with van der Waals surface area (Å²) >= 11 is 6.22. The van der Waals surface area contributed by atoms with Crippen LogP contribution in [0.3, 0.4) is 0 Å². The van der Waals surface area contributed by atoms with Crippen LogP contribution in [0.15, 0.2) is 60.7 Å². The predicted molar refractivity (Wildman–Crippen MR) is 136 cm³/mol.